The van der Waals surface area contributed by atoms with Crippen molar-refractivity contribution in [2.24, 2.45) is 0 Å². The molecule has 4 nitrogen and oxygen atoms in total. The first-order chi connectivity index (χ1) is 10.2. The van der Waals surface area contributed by atoms with Crippen LogP contribution in [0, 0.1) is 0 Å². The van der Waals surface area contributed by atoms with Crippen molar-refractivity contribution in [3.8, 4) is 5.75 Å². The van der Waals surface area contributed by atoms with E-state index in [9.17, 15) is 0 Å². The molecule has 0 saturated carbocycles. The largest absolute Gasteiger partial charge is 0.496 e. The van der Waals surface area contributed by atoms with Crippen LogP contribution in [0.15, 0.2) is 12.1 Å². The van der Waals surface area contributed by atoms with E-state index in [-0.39, 0.29) is 18.3 Å². The van der Waals surface area contributed by atoms with E-state index in [1.54, 1.807) is 7.11 Å². The van der Waals surface area contributed by atoms with Gasteiger partial charge < -0.3 is 18.9 Å². The summed E-state index contributed by atoms with van der Waals surface area (Å²) in [4.78, 5) is 2.33. The molecule has 0 aliphatic carbocycles. The minimum atomic E-state index is -0.337. The van der Waals surface area contributed by atoms with E-state index in [0.717, 1.165) is 30.7 Å². The summed E-state index contributed by atoms with van der Waals surface area (Å²) in [5, 5.41) is 0. The van der Waals surface area contributed by atoms with Crippen LogP contribution in [-0.2, 0) is 22.3 Å². The van der Waals surface area contributed by atoms with Crippen LogP contribution in [0.25, 0.3) is 0 Å². The van der Waals surface area contributed by atoms with E-state index in [1.807, 2.05) is 0 Å². The van der Waals surface area contributed by atoms with Crippen LogP contribution in [0.5, 0.6) is 5.75 Å². The second-order valence-electron chi connectivity index (χ2n) is 7.44. The maximum atomic E-state index is 6.18. The minimum Gasteiger partial charge on any atom is -0.496 e. The predicted octanol–water partition coefficient (Wildman–Crippen LogP) is 1.98. The van der Waals surface area contributed by atoms with Crippen LogP contribution in [0.3, 0.4) is 0 Å². The van der Waals surface area contributed by atoms with Crippen LogP contribution in [0.4, 0.5) is 0 Å². The van der Waals surface area contributed by atoms with Crippen molar-refractivity contribution in [1.82, 2.24) is 4.90 Å². The lowest BCUT2D eigenvalue weighted by molar-refractivity contribution is 0.00578. The Morgan fingerprint density at radius 2 is 1.77 bits per heavy atom. The number of nitrogens with zero attached hydrogens (tertiary/aromatic N) is 1. The van der Waals surface area contributed by atoms with Crippen molar-refractivity contribution in [3.63, 3.8) is 0 Å². The molecule has 0 radical (unpaired) electrons. The number of ether oxygens (including phenoxy) is 1. The molecule has 0 aromatic heterocycles. The first-order valence-corrected chi connectivity index (χ1v) is 7.97. The molecule has 2 aliphatic rings. The van der Waals surface area contributed by atoms with E-state index in [2.05, 4.69) is 51.8 Å². The average Bonchev–Trinajstić information content (AvgIpc) is 2.65. The van der Waals surface area contributed by atoms with Crippen molar-refractivity contribution < 1.29 is 14.0 Å². The number of rotatable bonds is 2. The second kappa shape index (κ2) is 5.26. The van der Waals surface area contributed by atoms with Gasteiger partial charge in [0.1, 0.15) is 5.75 Å². The Labute approximate surface area is 133 Å². The van der Waals surface area contributed by atoms with Crippen molar-refractivity contribution in [3.05, 3.63) is 23.3 Å². The summed E-state index contributed by atoms with van der Waals surface area (Å²) in [6.45, 7) is 10.3. The van der Waals surface area contributed by atoms with Crippen LogP contribution < -0.4 is 10.2 Å². The first kappa shape index (κ1) is 15.8. The van der Waals surface area contributed by atoms with Gasteiger partial charge >= 0.3 is 7.12 Å². The molecule has 120 valence electrons. The molecule has 0 unspecified atom stereocenters. The molecular weight excluding hydrogens is 277 g/mol. The monoisotopic (exact) mass is 303 g/mol. The van der Waals surface area contributed by atoms with Gasteiger partial charge in [-0.25, -0.2) is 0 Å². The molecule has 0 N–H and O–H groups in total. The maximum absolute atomic E-state index is 6.18. The fraction of sp³-hybridized carbons (Fsp3) is 0.647. The van der Waals surface area contributed by atoms with Crippen LogP contribution >= 0.6 is 0 Å². The highest BCUT2D eigenvalue weighted by molar-refractivity contribution is 6.62. The molecule has 1 fully saturated rings. The van der Waals surface area contributed by atoms with E-state index in [4.69, 9.17) is 14.0 Å². The SMILES string of the molecule is COc1cc(B2OC(C)(C)C(C)(C)O2)cc2c1CCN(C)C2. The van der Waals surface area contributed by atoms with E-state index in [0.29, 0.717) is 0 Å². The quantitative estimate of drug-likeness (QED) is 0.782. The summed E-state index contributed by atoms with van der Waals surface area (Å²) < 4.78 is 18.0. The number of hydrogen-bond donors (Lipinski definition) is 0. The zero-order valence-electron chi connectivity index (χ0n) is 14.5. The minimum absolute atomic E-state index is 0.322. The lowest BCUT2D eigenvalue weighted by Crippen LogP contribution is -2.41. The Balaban J connectivity index is 1.97. The highest BCUT2D eigenvalue weighted by atomic mass is 16.7. The summed E-state index contributed by atoms with van der Waals surface area (Å²) in [5.41, 5.74) is 3.04. The standard InChI is InChI=1S/C17H26BNO3/c1-16(2)17(3,4)22-18(21-16)13-9-12-11-19(5)8-7-14(12)15(10-13)20-6/h9-10H,7-8,11H2,1-6H3. The third-order valence-corrected chi connectivity index (χ3v) is 5.25. The Bertz CT molecular complexity index is 570. The zero-order chi connectivity index (χ0) is 16.1. The molecule has 1 saturated heterocycles. The third-order valence-electron chi connectivity index (χ3n) is 5.25. The summed E-state index contributed by atoms with van der Waals surface area (Å²) in [7, 11) is 3.55. The Morgan fingerprint density at radius 1 is 1.14 bits per heavy atom. The van der Waals surface area contributed by atoms with Crippen molar-refractivity contribution in [2.75, 3.05) is 20.7 Å². The highest BCUT2D eigenvalue weighted by Crippen LogP contribution is 2.37. The maximum Gasteiger partial charge on any atom is 0.494 e. The lowest BCUT2D eigenvalue weighted by atomic mass is 9.76. The van der Waals surface area contributed by atoms with Crippen LogP contribution in [0.2, 0.25) is 0 Å². The summed E-state index contributed by atoms with van der Waals surface area (Å²) in [6.07, 6.45) is 1.03. The van der Waals surface area contributed by atoms with Gasteiger partial charge in [0.05, 0.1) is 18.3 Å². The molecule has 0 amide bonds. The fourth-order valence-electron chi connectivity index (χ4n) is 3.12. The topological polar surface area (TPSA) is 30.9 Å². The number of hydrogen-bond acceptors (Lipinski definition) is 4. The zero-order valence-corrected chi connectivity index (χ0v) is 14.5. The second-order valence-corrected chi connectivity index (χ2v) is 7.44. The Kier molecular flexibility index (Phi) is 3.79. The molecule has 1 aromatic carbocycles. The highest BCUT2D eigenvalue weighted by Gasteiger charge is 2.52. The molecule has 3 rings (SSSR count). The number of methoxy groups -OCH3 is 1. The summed E-state index contributed by atoms with van der Waals surface area (Å²) in [5.74, 6) is 0.954. The average molecular weight is 303 g/mol. The van der Waals surface area contributed by atoms with E-state index in [1.165, 1.54) is 11.1 Å². The van der Waals surface area contributed by atoms with Gasteiger partial charge in [0, 0.05) is 13.1 Å². The number of likely N-dealkylation sites (N-methyl/N-ethyl adjacent to an activating group) is 1. The first-order valence-electron chi connectivity index (χ1n) is 7.97. The summed E-state index contributed by atoms with van der Waals surface area (Å²) >= 11 is 0. The van der Waals surface area contributed by atoms with Crippen molar-refractivity contribution >= 4 is 12.6 Å². The lowest BCUT2D eigenvalue weighted by Gasteiger charge is -2.32. The molecule has 1 aromatic rings. The summed E-state index contributed by atoms with van der Waals surface area (Å²) in [6, 6.07) is 4.29. The van der Waals surface area contributed by atoms with Gasteiger partial charge in [0.15, 0.2) is 0 Å². The van der Waals surface area contributed by atoms with E-state index >= 15 is 0 Å². The number of benzene rings is 1. The molecule has 0 atom stereocenters. The van der Waals surface area contributed by atoms with Crippen molar-refractivity contribution in [2.45, 2.75) is 51.9 Å². The molecule has 5 heteroatoms. The third kappa shape index (κ3) is 2.55. The normalized spacial score (nSPS) is 23.5. The van der Waals surface area contributed by atoms with Gasteiger partial charge in [-0.2, -0.15) is 0 Å². The predicted molar refractivity (Wildman–Crippen MR) is 88.7 cm³/mol. The molecule has 2 aliphatic heterocycles. The Morgan fingerprint density at radius 3 is 2.36 bits per heavy atom. The van der Waals surface area contributed by atoms with Gasteiger partial charge in [-0.3, -0.25) is 0 Å². The van der Waals surface area contributed by atoms with Crippen LogP contribution in [-0.4, -0.2) is 43.9 Å². The number of fused-ring (bicyclic) bond motifs is 1. The fourth-order valence-corrected chi connectivity index (χ4v) is 3.12. The van der Waals surface area contributed by atoms with Gasteiger partial charge in [-0.15, -0.1) is 0 Å². The van der Waals surface area contributed by atoms with E-state index < -0.39 is 0 Å². The van der Waals surface area contributed by atoms with Gasteiger partial charge in [-0.05, 0) is 63.8 Å². The van der Waals surface area contributed by atoms with Crippen molar-refractivity contribution in [1.29, 1.82) is 0 Å². The van der Waals surface area contributed by atoms with Crippen LogP contribution in [0.1, 0.15) is 38.8 Å². The molecule has 0 spiro atoms. The molecule has 0 bridgehead atoms. The van der Waals surface area contributed by atoms with Gasteiger partial charge in [0.25, 0.3) is 0 Å². The Hall–Kier alpha value is -1.04. The molecular formula is C17H26BNO3. The molecule has 22 heavy (non-hydrogen) atoms. The van der Waals surface area contributed by atoms with Gasteiger partial charge in [-0.1, -0.05) is 6.07 Å². The molecule has 2 heterocycles. The van der Waals surface area contributed by atoms with Gasteiger partial charge in [0.2, 0.25) is 0 Å². The smallest absolute Gasteiger partial charge is 0.494 e.